The maximum atomic E-state index is 2.26. The summed E-state index contributed by atoms with van der Waals surface area (Å²) in [4.78, 5) is 0. The van der Waals surface area contributed by atoms with Crippen molar-refractivity contribution in [3.63, 3.8) is 0 Å². The molecule has 0 nitrogen and oxygen atoms in total. The minimum Gasteiger partial charge on any atom is -0.0683 e. The van der Waals surface area contributed by atoms with Gasteiger partial charge in [-0.15, -0.1) is 0 Å². The van der Waals surface area contributed by atoms with Crippen molar-refractivity contribution in [1.82, 2.24) is 0 Å². The first-order chi connectivity index (χ1) is 31.2. The van der Waals surface area contributed by atoms with Crippen molar-refractivity contribution in [2.24, 2.45) is 0 Å². The van der Waals surface area contributed by atoms with Crippen molar-refractivity contribution in [3.8, 4) is 0 Å². The minimum absolute atomic E-state index is 0.983. The molecule has 63 heavy (non-hydrogen) atoms. The predicted molar refractivity (Wildman–Crippen MR) is 290 cm³/mol. The van der Waals surface area contributed by atoms with Gasteiger partial charge in [0, 0.05) is 0 Å². The Bertz CT molecular complexity index is 1730. The highest BCUT2D eigenvalue weighted by molar-refractivity contribution is 5.35. The number of hydrogen-bond donors (Lipinski definition) is 0. The van der Waals surface area contributed by atoms with Gasteiger partial charge in [0.05, 0.1) is 0 Å². The maximum absolute atomic E-state index is 2.26. The van der Waals surface area contributed by atoms with Crippen molar-refractivity contribution >= 4 is 0 Å². The lowest BCUT2D eigenvalue weighted by Crippen LogP contribution is -1.92. The second-order valence-corrected chi connectivity index (χ2v) is 12.3. The molecule has 0 aliphatic rings. The minimum atomic E-state index is 0.983. The SMILES string of the molecule is CC.CC.CC.CC.CC.CC.CC.CC.c1ccc(Cc2ccc(Cc3ccc(Cc4ccccc4)cc3)cc2)cc1.c1ccc(Cc2ccc(Cc3ccccc3)cc2)cc1. The van der Waals surface area contributed by atoms with Crippen molar-refractivity contribution < 1.29 is 0 Å². The van der Waals surface area contributed by atoms with Crippen LogP contribution in [0.1, 0.15) is 166 Å². The molecule has 0 amide bonds. The van der Waals surface area contributed by atoms with Crippen LogP contribution in [0.3, 0.4) is 0 Å². The summed E-state index contributed by atoms with van der Waals surface area (Å²) < 4.78 is 0. The Morgan fingerprint density at radius 3 is 0.349 bits per heavy atom. The molecule has 0 heteroatoms. The molecule has 0 atom stereocenters. The van der Waals surface area contributed by atoms with Crippen LogP contribution in [-0.4, -0.2) is 0 Å². The van der Waals surface area contributed by atoms with Crippen LogP contribution in [-0.2, 0) is 32.1 Å². The van der Waals surface area contributed by atoms with Gasteiger partial charge < -0.3 is 0 Å². The molecule has 0 saturated carbocycles. The van der Waals surface area contributed by atoms with E-state index in [-0.39, 0.29) is 0 Å². The van der Waals surface area contributed by atoms with E-state index < -0.39 is 0 Å². The monoisotopic (exact) mass is 847 g/mol. The van der Waals surface area contributed by atoms with Gasteiger partial charge in [-0.25, -0.2) is 0 Å². The summed E-state index contributed by atoms with van der Waals surface area (Å²) in [7, 11) is 0. The zero-order valence-corrected chi connectivity index (χ0v) is 43.0. The molecule has 0 saturated heterocycles. The fourth-order valence-electron chi connectivity index (χ4n) is 5.89. The summed E-state index contributed by atoms with van der Waals surface area (Å²) in [6, 6.07) is 69.5. The standard InChI is InChI=1S/C27H24.C20H18.8C2H6/c1-3-7-22(8-4-1)19-24-11-15-26(16-12-24)21-27-17-13-25(14-18-27)20-23-9-5-2-6-10-23;1-3-7-17(8-4-1)15-19-11-13-20(14-12-19)16-18-9-5-2-6-10-18;8*1-2/h1-18H,19-21H2;1-14H,15-16H2;8*1-2H3. The third kappa shape index (κ3) is 28.7. The third-order valence-corrected chi connectivity index (χ3v) is 8.48. The van der Waals surface area contributed by atoms with Crippen LogP contribution in [0.4, 0.5) is 0 Å². The zero-order valence-electron chi connectivity index (χ0n) is 43.0. The van der Waals surface area contributed by atoms with Gasteiger partial charge in [-0.2, -0.15) is 0 Å². The van der Waals surface area contributed by atoms with Gasteiger partial charge in [0.2, 0.25) is 0 Å². The van der Waals surface area contributed by atoms with Crippen molar-refractivity contribution in [1.29, 1.82) is 0 Å². The van der Waals surface area contributed by atoms with Gasteiger partial charge in [-0.1, -0.05) is 305 Å². The maximum Gasteiger partial charge on any atom is -0.00258 e. The van der Waals surface area contributed by atoms with Gasteiger partial charge in [0.1, 0.15) is 0 Å². The first kappa shape index (κ1) is 61.8. The lowest BCUT2D eigenvalue weighted by Gasteiger charge is -2.07. The summed E-state index contributed by atoms with van der Waals surface area (Å²) in [5.74, 6) is 0. The zero-order chi connectivity index (χ0) is 47.9. The van der Waals surface area contributed by atoms with Gasteiger partial charge in [0.25, 0.3) is 0 Å². The molecule has 342 valence electrons. The lowest BCUT2D eigenvalue weighted by molar-refractivity contribution is 1.14. The summed E-state index contributed by atoms with van der Waals surface area (Å²) in [5, 5.41) is 0. The molecule has 0 fully saturated rings. The van der Waals surface area contributed by atoms with Crippen LogP contribution in [0.25, 0.3) is 0 Å². The Morgan fingerprint density at radius 2 is 0.238 bits per heavy atom. The topological polar surface area (TPSA) is 0 Å². The second-order valence-electron chi connectivity index (χ2n) is 12.3. The second kappa shape index (κ2) is 46.1. The quantitative estimate of drug-likeness (QED) is 0.129. The molecule has 0 aromatic heterocycles. The molecule has 0 N–H and O–H groups in total. The van der Waals surface area contributed by atoms with Crippen LogP contribution in [0, 0.1) is 0 Å². The average molecular weight is 847 g/mol. The fourth-order valence-corrected chi connectivity index (χ4v) is 5.89. The Morgan fingerprint density at radius 1 is 0.143 bits per heavy atom. The van der Waals surface area contributed by atoms with E-state index in [1.807, 2.05) is 111 Å². The molecule has 0 aliphatic heterocycles. The van der Waals surface area contributed by atoms with Crippen molar-refractivity contribution in [3.05, 3.63) is 250 Å². The lowest BCUT2D eigenvalue weighted by atomic mass is 9.98. The summed E-state index contributed by atoms with van der Waals surface area (Å²) in [6.07, 6.45) is 4.99. The summed E-state index contributed by atoms with van der Waals surface area (Å²) in [5.41, 5.74) is 13.6. The average Bonchev–Trinajstić information content (AvgIpc) is 3.40. The molecule has 0 spiro atoms. The van der Waals surface area contributed by atoms with Crippen LogP contribution >= 0.6 is 0 Å². The molecule has 0 bridgehead atoms. The molecule has 7 rings (SSSR count). The first-order valence-corrected chi connectivity index (χ1v) is 24.6. The Hall–Kier alpha value is -5.46. The van der Waals surface area contributed by atoms with E-state index in [1.54, 1.807) is 0 Å². The third-order valence-electron chi connectivity index (χ3n) is 8.48. The largest absolute Gasteiger partial charge is 0.0683 e. The van der Waals surface area contributed by atoms with Gasteiger partial charge in [-0.05, 0) is 87.7 Å². The summed E-state index contributed by atoms with van der Waals surface area (Å²) >= 11 is 0. The van der Waals surface area contributed by atoms with Crippen LogP contribution in [0.15, 0.2) is 194 Å². The molecule has 0 unspecified atom stereocenters. The van der Waals surface area contributed by atoms with E-state index in [9.17, 15) is 0 Å². The van der Waals surface area contributed by atoms with Gasteiger partial charge in [0.15, 0.2) is 0 Å². The van der Waals surface area contributed by atoms with E-state index in [1.165, 1.54) is 55.6 Å². The normalized spacial score (nSPS) is 8.63. The molecular weight excluding hydrogens is 757 g/mol. The highest BCUT2D eigenvalue weighted by Gasteiger charge is 2.02. The smallest absolute Gasteiger partial charge is 0.00258 e. The van der Waals surface area contributed by atoms with Crippen LogP contribution in [0.5, 0.6) is 0 Å². The van der Waals surface area contributed by atoms with E-state index in [0.29, 0.717) is 0 Å². The number of benzene rings is 7. The Kier molecular flexibility index (Phi) is 45.2. The summed E-state index contributed by atoms with van der Waals surface area (Å²) in [6.45, 7) is 32.0. The molecule has 0 radical (unpaired) electrons. The van der Waals surface area contributed by atoms with Gasteiger partial charge in [-0.3, -0.25) is 0 Å². The molecule has 0 aliphatic carbocycles. The fraction of sp³-hybridized carbons (Fsp3) is 0.333. The number of hydrogen-bond acceptors (Lipinski definition) is 0. The van der Waals surface area contributed by atoms with Crippen LogP contribution < -0.4 is 0 Å². The van der Waals surface area contributed by atoms with E-state index >= 15 is 0 Å². The highest BCUT2D eigenvalue weighted by Crippen LogP contribution is 2.17. The first-order valence-electron chi connectivity index (χ1n) is 24.6. The molecular formula is C63H90. The van der Waals surface area contributed by atoms with Crippen molar-refractivity contribution in [2.75, 3.05) is 0 Å². The Balaban J connectivity index is -0.000000886. The van der Waals surface area contributed by atoms with E-state index in [0.717, 1.165) is 32.1 Å². The highest BCUT2D eigenvalue weighted by atomic mass is 14.1. The van der Waals surface area contributed by atoms with Crippen LogP contribution in [0.2, 0.25) is 0 Å². The molecule has 7 aromatic rings. The van der Waals surface area contributed by atoms with Crippen molar-refractivity contribution in [2.45, 2.75) is 143 Å². The predicted octanol–water partition coefficient (Wildman–Crippen LogP) is 19.5. The molecule has 7 aromatic carbocycles. The van der Waals surface area contributed by atoms with Gasteiger partial charge >= 0.3 is 0 Å². The Labute approximate surface area is 390 Å². The van der Waals surface area contributed by atoms with E-state index in [4.69, 9.17) is 0 Å². The van der Waals surface area contributed by atoms with E-state index in [2.05, 4.69) is 194 Å². The number of rotatable bonds is 10. The molecule has 0 heterocycles.